The van der Waals surface area contributed by atoms with Gasteiger partial charge in [0.1, 0.15) is 4.99 Å². The first-order chi connectivity index (χ1) is 4.50. The molecule has 2 N–H and O–H groups in total. The van der Waals surface area contributed by atoms with Crippen molar-refractivity contribution >= 4 is 20.2 Å². The molecule has 2 atom stereocenters. The topological polar surface area (TPSA) is 70.1 Å². The van der Waals surface area contributed by atoms with Gasteiger partial charge in [0.05, 0.1) is 12.7 Å². The summed E-state index contributed by atoms with van der Waals surface area (Å²) in [6.45, 7) is 0.608. The molecule has 6 heteroatoms. The van der Waals surface area contributed by atoms with Gasteiger partial charge in [-0.2, -0.15) is 12.6 Å². The van der Waals surface area contributed by atoms with Crippen molar-refractivity contribution in [2.45, 2.75) is 17.5 Å². The summed E-state index contributed by atoms with van der Waals surface area (Å²) < 4.78 is 15.2. The van der Waals surface area contributed by atoms with Crippen molar-refractivity contribution in [3.8, 4) is 0 Å². The Morgan fingerprint density at radius 2 is 2.30 bits per heavy atom. The van der Waals surface area contributed by atoms with Gasteiger partial charge >= 0.3 is 7.60 Å². The van der Waals surface area contributed by atoms with E-state index in [4.69, 9.17) is 14.5 Å². The number of epoxide rings is 1. The molecular weight excluding hydrogens is 175 g/mol. The Kier molecular flexibility index (Phi) is 2.42. The Balaban J connectivity index is 2.32. The molecule has 0 aromatic rings. The third-order valence-corrected chi connectivity index (χ3v) is 3.37. The quantitative estimate of drug-likeness (QED) is 0.333. The maximum absolute atomic E-state index is 10.5. The molecule has 0 amide bonds. The molecule has 1 heterocycles. The minimum Gasteiger partial charge on any atom is -0.373 e. The molecule has 1 saturated heterocycles. The zero-order chi connectivity index (χ0) is 7.78. The van der Waals surface area contributed by atoms with Gasteiger partial charge in [-0.15, -0.1) is 0 Å². The lowest BCUT2D eigenvalue weighted by atomic mass is 10.4. The van der Waals surface area contributed by atoms with E-state index in [-0.39, 0.29) is 6.10 Å². The van der Waals surface area contributed by atoms with Crippen LogP contribution in [-0.4, -0.2) is 27.5 Å². The first-order valence-corrected chi connectivity index (χ1v) is 5.05. The molecule has 10 heavy (non-hydrogen) atoms. The lowest BCUT2D eigenvalue weighted by Gasteiger charge is -2.09. The van der Waals surface area contributed by atoms with E-state index in [1.807, 2.05) is 0 Å². The smallest absolute Gasteiger partial charge is 0.338 e. The second kappa shape index (κ2) is 2.83. The highest BCUT2D eigenvalue weighted by Crippen LogP contribution is 2.46. The van der Waals surface area contributed by atoms with Crippen LogP contribution >= 0.6 is 20.2 Å². The summed E-state index contributed by atoms with van der Waals surface area (Å²) in [7, 11) is -3.99. The van der Waals surface area contributed by atoms with Gasteiger partial charge in [-0.3, -0.25) is 4.57 Å². The second-order valence-electron chi connectivity index (χ2n) is 2.26. The van der Waals surface area contributed by atoms with Crippen molar-refractivity contribution in [3.63, 3.8) is 0 Å². The molecule has 2 unspecified atom stereocenters. The van der Waals surface area contributed by atoms with E-state index >= 15 is 0 Å². The van der Waals surface area contributed by atoms with E-state index in [0.29, 0.717) is 13.0 Å². The van der Waals surface area contributed by atoms with Crippen molar-refractivity contribution in [3.05, 3.63) is 0 Å². The third kappa shape index (κ3) is 2.60. The Morgan fingerprint density at radius 3 is 2.60 bits per heavy atom. The monoisotopic (exact) mass is 184 g/mol. The van der Waals surface area contributed by atoms with Crippen LogP contribution < -0.4 is 0 Å². The highest BCUT2D eigenvalue weighted by Gasteiger charge is 2.33. The summed E-state index contributed by atoms with van der Waals surface area (Å²) in [5, 5.41) is 0. The van der Waals surface area contributed by atoms with Crippen LogP contribution in [0.4, 0.5) is 0 Å². The van der Waals surface area contributed by atoms with Gasteiger partial charge < -0.3 is 14.5 Å². The van der Waals surface area contributed by atoms with Gasteiger partial charge in [0.25, 0.3) is 0 Å². The van der Waals surface area contributed by atoms with E-state index in [9.17, 15) is 4.57 Å². The Morgan fingerprint density at radius 1 is 1.80 bits per heavy atom. The summed E-state index contributed by atoms with van der Waals surface area (Å²) >= 11 is 3.75. The van der Waals surface area contributed by atoms with E-state index in [2.05, 4.69) is 12.6 Å². The van der Waals surface area contributed by atoms with Crippen LogP contribution in [0.3, 0.4) is 0 Å². The SMILES string of the molecule is O=P(O)(O)C(S)CC1CO1. The molecule has 1 aliphatic rings. The predicted octanol–water partition coefficient (Wildman–Crippen LogP) is 0.209. The van der Waals surface area contributed by atoms with Gasteiger partial charge in [0, 0.05) is 0 Å². The molecule has 1 fully saturated rings. The summed E-state index contributed by atoms with van der Waals surface area (Å²) in [4.78, 5) is 16.2. The van der Waals surface area contributed by atoms with Crippen molar-refractivity contribution in [1.82, 2.24) is 0 Å². The highest BCUT2D eigenvalue weighted by atomic mass is 32.1. The number of thiol groups is 1. The molecule has 0 aliphatic carbocycles. The fourth-order valence-corrected chi connectivity index (χ4v) is 1.32. The molecule has 4 nitrogen and oxygen atoms in total. The molecule has 1 rings (SSSR count). The molecule has 0 radical (unpaired) electrons. The summed E-state index contributed by atoms with van der Waals surface area (Å²) in [5.41, 5.74) is 0. The van der Waals surface area contributed by atoms with Crippen LogP contribution in [0, 0.1) is 0 Å². The molecule has 0 saturated carbocycles. The summed E-state index contributed by atoms with van der Waals surface area (Å²) in [6.07, 6.45) is 0.364. The average molecular weight is 184 g/mol. The Hall–Kier alpha value is 0.460. The number of rotatable bonds is 3. The summed E-state index contributed by atoms with van der Waals surface area (Å²) in [6, 6.07) is 0. The second-order valence-corrected chi connectivity index (χ2v) is 5.09. The van der Waals surface area contributed by atoms with Gasteiger partial charge in [-0.05, 0) is 6.42 Å². The first kappa shape index (κ1) is 8.56. The highest BCUT2D eigenvalue weighted by molar-refractivity contribution is 7.89. The maximum Gasteiger partial charge on any atom is 0.338 e. The van der Waals surface area contributed by atoms with E-state index in [1.54, 1.807) is 0 Å². The van der Waals surface area contributed by atoms with Gasteiger partial charge in [0.2, 0.25) is 0 Å². The van der Waals surface area contributed by atoms with Crippen LogP contribution in [0.1, 0.15) is 6.42 Å². The van der Waals surface area contributed by atoms with Crippen molar-refractivity contribution in [1.29, 1.82) is 0 Å². The zero-order valence-electron chi connectivity index (χ0n) is 5.17. The van der Waals surface area contributed by atoms with Gasteiger partial charge in [0.15, 0.2) is 0 Å². The molecule has 0 aromatic heterocycles. The lowest BCUT2D eigenvalue weighted by Crippen LogP contribution is -2.03. The van der Waals surface area contributed by atoms with Gasteiger partial charge in [-0.25, -0.2) is 0 Å². The molecule has 60 valence electrons. The van der Waals surface area contributed by atoms with Crippen molar-refractivity contribution < 1.29 is 19.1 Å². The van der Waals surface area contributed by atoms with Crippen molar-refractivity contribution in [2.75, 3.05) is 6.61 Å². The minimum atomic E-state index is -3.99. The van der Waals surface area contributed by atoms with Crippen LogP contribution in [0.25, 0.3) is 0 Å². The molecule has 0 bridgehead atoms. The van der Waals surface area contributed by atoms with Crippen LogP contribution in [0.15, 0.2) is 0 Å². The molecule has 0 aromatic carbocycles. The van der Waals surface area contributed by atoms with E-state index < -0.39 is 12.6 Å². The predicted molar refractivity (Wildman–Crippen MR) is 39.2 cm³/mol. The standard InChI is InChI=1S/C4H9O4PS/c5-9(6,7)4(10)1-3-2-8-3/h3-4,10H,1-2H2,(H2,5,6,7). The van der Waals surface area contributed by atoms with Crippen molar-refractivity contribution in [2.24, 2.45) is 0 Å². The zero-order valence-corrected chi connectivity index (χ0v) is 6.96. The lowest BCUT2D eigenvalue weighted by molar-refractivity contribution is 0.355. The number of ether oxygens (including phenoxy) is 1. The van der Waals surface area contributed by atoms with Crippen LogP contribution in [0.5, 0.6) is 0 Å². The van der Waals surface area contributed by atoms with E-state index in [0.717, 1.165) is 0 Å². The largest absolute Gasteiger partial charge is 0.373 e. The normalized spacial score (nSPS) is 28.1. The Labute approximate surface area is 64.1 Å². The van der Waals surface area contributed by atoms with Crippen LogP contribution in [0.2, 0.25) is 0 Å². The summed E-state index contributed by atoms with van der Waals surface area (Å²) in [5.74, 6) is 0. The minimum absolute atomic E-state index is 0.0233. The first-order valence-electron chi connectivity index (χ1n) is 2.85. The maximum atomic E-state index is 10.5. The van der Waals surface area contributed by atoms with Gasteiger partial charge in [-0.1, -0.05) is 0 Å². The third-order valence-electron chi connectivity index (χ3n) is 1.26. The number of hydrogen-bond donors (Lipinski definition) is 3. The molecule has 1 aliphatic heterocycles. The average Bonchev–Trinajstić information content (AvgIpc) is 2.47. The molecule has 0 spiro atoms. The fourth-order valence-electron chi connectivity index (χ4n) is 0.577. The Bertz CT molecular complexity index is 163. The fraction of sp³-hybridized carbons (Fsp3) is 1.00. The van der Waals surface area contributed by atoms with Crippen LogP contribution in [-0.2, 0) is 9.30 Å². The number of hydrogen-bond acceptors (Lipinski definition) is 3. The molecular formula is C4H9O4PS. The van der Waals surface area contributed by atoms with E-state index in [1.165, 1.54) is 0 Å².